The molecule has 0 aromatic heterocycles. The smallest absolute Gasteiger partial charge is 0.241 e. The van der Waals surface area contributed by atoms with E-state index in [0.717, 1.165) is 12.1 Å². The zero-order valence-corrected chi connectivity index (χ0v) is 12.2. The topological polar surface area (TPSA) is 66.4 Å². The number of rotatable bonds is 6. The second-order valence-electron chi connectivity index (χ2n) is 4.78. The van der Waals surface area contributed by atoms with Crippen LogP contribution in [0.3, 0.4) is 0 Å². The minimum absolute atomic E-state index is 0.0300. The van der Waals surface area contributed by atoms with Crippen LogP contribution in [0.5, 0.6) is 0 Å². The van der Waals surface area contributed by atoms with Crippen molar-refractivity contribution in [2.75, 3.05) is 0 Å². The molecule has 0 aliphatic carbocycles. The fourth-order valence-corrected chi connectivity index (χ4v) is 3.22. The SMILES string of the molecule is CCC(C)(CC)NS(=O)(=O)c1ccc(F)c(CO)c1. The van der Waals surface area contributed by atoms with Gasteiger partial charge in [-0.3, -0.25) is 0 Å². The molecule has 0 aliphatic rings. The molecule has 19 heavy (non-hydrogen) atoms. The Morgan fingerprint density at radius 1 is 1.32 bits per heavy atom. The highest BCUT2D eigenvalue weighted by atomic mass is 32.2. The van der Waals surface area contributed by atoms with E-state index >= 15 is 0 Å². The maximum Gasteiger partial charge on any atom is 0.241 e. The Morgan fingerprint density at radius 3 is 2.37 bits per heavy atom. The number of hydrogen-bond acceptors (Lipinski definition) is 3. The third kappa shape index (κ3) is 3.75. The van der Waals surface area contributed by atoms with Gasteiger partial charge in [-0.05, 0) is 38.0 Å². The molecule has 0 atom stereocenters. The van der Waals surface area contributed by atoms with Crippen molar-refractivity contribution in [1.82, 2.24) is 4.72 Å². The van der Waals surface area contributed by atoms with Gasteiger partial charge in [0.2, 0.25) is 10.0 Å². The van der Waals surface area contributed by atoms with E-state index in [1.165, 1.54) is 6.07 Å². The van der Waals surface area contributed by atoms with E-state index in [0.29, 0.717) is 12.8 Å². The van der Waals surface area contributed by atoms with E-state index in [1.807, 2.05) is 20.8 Å². The first-order valence-electron chi connectivity index (χ1n) is 6.21. The number of halogens is 1. The quantitative estimate of drug-likeness (QED) is 0.843. The predicted octanol–water partition coefficient (Wildman–Crippen LogP) is 2.17. The van der Waals surface area contributed by atoms with E-state index in [-0.39, 0.29) is 10.5 Å². The number of nitrogens with one attached hydrogen (secondary N) is 1. The zero-order chi connectivity index (χ0) is 14.7. The van der Waals surface area contributed by atoms with Crippen LogP contribution in [0.4, 0.5) is 4.39 Å². The van der Waals surface area contributed by atoms with Crippen LogP contribution in [0.25, 0.3) is 0 Å². The second kappa shape index (κ2) is 5.98. The highest BCUT2D eigenvalue weighted by Crippen LogP contribution is 2.20. The molecule has 0 saturated heterocycles. The molecule has 1 rings (SSSR count). The van der Waals surface area contributed by atoms with E-state index in [1.54, 1.807) is 0 Å². The van der Waals surface area contributed by atoms with Crippen LogP contribution in [0.15, 0.2) is 23.1 Å². The van der Waals surface area contributed by atoms with Gasteiger partial charge in [0.15, 0.2) is 0 Å². The monoisotopic (exact) mass is 289 g/mol. The standard InChI is InChI=1S/C13H20FNO3S/c1-4-13(3,5-2)15-19(17,18)11-6-7-12(14)10(8-11)9-16/h6-8,15-16H,4-5,9H2,1-3H3. The predicted molar refractivity (Wildman–Crippen MR) is 71.6 cm³/mol. The lowest BCUT2D eigenvalue weighted by atomic mass is 9.98. The summed E-state index contributed by atoms with van der Waals surface area (Å²) in [5, 5.41) is 8.98. The fraction of sp³-hybridized carbons (Fsp3) is 0.538. The molecule has 0 amide bonds. The van der Waals surface area contributed by atoms with Crippen molar-refractivity contribution in [3.63, 3.8) is 0 Å². The Morgan fingerprint density at radius 2 is 1.89 bits per heavy atom. The fourth-order valence-electron chi connectivity index (χ4n) is 1.62. The Kier molecular flexibility index (Phi) is 5.06. The van der Waals surface area contributed by atoms with E-state index in [4.69, 9.17) is 5.11 Å². The molecule has 1 aromatic rings. The van der Waals surface area contributed by atoms with Crippen molar-refractivity contribution in [2.45, 2.75) is 50.7 Å². The summed E-state index contributed by atoms with van der Waals surface area (Å²) in [5.74, 6) is -0.616. The molecule has 0 fully saturated rings. The number of aliphatic hydroxyl groups is 1. The molecule has 1 aromatic carbocycles. The third-order valence-corrected chi connectivity index (χ3v) is 5.08. The Labute approximate surface area is 113 Å². The number of benzene rings is 1. The van der Waals surface area contributed by atoms with E-state index < -0.39 is 28.0 Å². The highest BCUT2D eigenvalue weighted by molar-refractivity contribution is 7.89. The molecular weight excluding hydrogens is 269 g/mol. The molecule has 6 heteroatoms. The van der Waals surface area contributed by atoms with Crippen molar-refractivity contribution in [1.29, 1.82) is 0 Å². The Bertz CT molecular complexity index is 539. The second-order valence-corrected chi connectivity index (χ2v) is 6.47. The molecule has 0 radical (unpaired) electrons. The average molecular weight is 289 g/mol. The third-order valence-electron chi connectivity index (χ3n) is 3.44. The molecule has 0 bridgehead atoms. The summed E-state index contributed by atoms with van der Waals surface area (Å²) in [4.78, 5) is -0.0360. The molecule has 4 nitrogen and oxygen atoms in total. The normalized spacial score (nSPS) is 12.7. The molecule has 108 valence electrons. The van der Waals surface area contributed by atoms with Crippen molar-refractivity contribution < 1.29 is 17.9 Å². The largest absolute Gasteiger partial charge is 0.392 e. The minimum Gasteiger partial charge on any atom is -0.392 e. The van der Waals surface area contributed by atoms with Gasteiger partial charge in [0, 0.05) is 11.1 Å². The maximum atomic E-state index is 13.3. The Balaban J connectivity index is 3.14. The van der Waals surface area contributed by atoms with E-state index in [9.17, 15) is 12.8 Å². The van der Waals surface area contributed by atoms with Crippen LogP contribution >= 0.6 is 0 Å². The van der Waals surface area contributed by atoms with Gasteiger partial charge in [0.1, 0.15) is 5.82 Å². The minimum atomic E-state index is -3.72. The number of hydrogen-bond donors (Lipinski definition) is 2. The van der Waals surface area contributed by atoms with Gasteiger partial charge < -0.3 is 5.11 Å². The lowest BCUT2D eigenvalue weighted by Gasteiger charge is -2.27. The first-order valence-corrected chi connectivity index (χ1v) is 7.69. The lowest BCUT2D eigenvalue weighted by molar-refractivity contribution is 0.275. The van der Waals surface area contributed by atoms with Gasteiger partial charge in [-0.25, -0.2) is 17.5 Å². The van der Waals surface area contributed by atoms with Crippen molar-refractivity contribution in [3.8, 4) is 0 Å². The van der Waals surface area contributed by atoms with Gasteiger partial charge in [-0.15, -0.1) is 0 Å². The molecule has 0 heterocycles. The van der Waals surface area contributed by atoms with Crippen LogP contribution in [0.1, 0.15) is 39.2 Å². The number of sulfonamides is 1. The molecule has 0 spiro atoms. The summed E-state index contributed by atoms with van der Waals surface area (Å²) in [6, 6.07) is 3.40. The summed E-state index contributed by atoms with van der Waals surface area (Å²) in [6.45, 7) is 5.08. The van der Waals surface area contributed by atoms with Gasteiger partial charge >= 0.3 is 0 Å². The van der Waals surface area contributed by atoms with Gasteiger partial charge in [-0.2, -0.15) is 0 Å². The van der Waals surface area contributed by atoms with Gasteiger partial charge in [0.25, 0.3) is 0 Å². The van der Waals surface area contributed by atoms with Gasteiger partial charge in [-0.1, -0.05) is 13.8 Å². The summed E-state index contributed by atoms with van der Waals surface area (Å²) >= 11 is 0. The van der Waals surface area contributed by atoms with Crippen LogP contribution < -0.4 is 4.72 Å². The first kappa shape index (κ1) is 16.1. The lowest BCUT2D eigenvalue weighted by Crippen LogP contribution is -2.44. The van der Waals surface area contributed by atoms with Crippen molar-refractivity contribution in [3.05, 3.63) is 29.6 Å². The van der Waals surface area contributed by atoms with Crippen LogP contribution in [0, 0.1) is 5.82 Å². The summed E-state index contributed by atoms with van der Waals surface area (Å²) in [6.07, 6.45) is 1.30. The van der Waals surface area contributed by atoms with E-state index in [2.05, 4.69) is 4.72 Å². The molecule has 0 aliphatic heterocycles. The Hall–Kier alpha value is -0.980. The van der Waals surface area contributed by atoms with Crippen molar-refractivity contribution >= 4 is 10.0 Å². The molecule has 0 unspecified atom stereocenters. The first-order chi connectivity index (χ1) is 8.78. The van der Waals surface area contributed by atoms with Crippen LogP contribution in [-0.4, -0.2) is 19.1 Å². The summed E-state index contributed by atoms with van der Waals surface area (Å²) in [7, 11) is -3.72. The summed E-state index contributed by atoms with van der Waals surface area (Å²) < 4.78 is 40.3. The highest BCUT2D eigenvalue weighted by Gasteiger charge is 2.27. The molecule has 2 N–H and O–H groups in total. The maximum absolute atomic E-state index is 13.3. The summed E-state index contributed by atoms with van der Waals surface area (Å²) in [5.41, 5.74) is -0.565. The zero-order valence-electron chi connectivity index (χ0n) is 11.4. The van der Waals surface area contributed by atoms with Crippen LogP contribution in [0.2, 0.25) is 0 Å². The molecular formula is C13H20FNO3S. The average Bonchev–Trinajstić information content (AvgIpc) is 2.38. The number of aliphatic hydroxyl groups excluding tert-OH is 1. The molecule has 0 saturated carbocycles. The van der Waals surface area contributed by atoms with Crippen molar-refractivity contribution in [2.24, 2.45) is 0 Å². The van der Waals surface area contributed by atoms with Gasteiger partial charge in [0.05, 0.1) is 11.5 Å². The van der Waals surface area contributed by atoms with Crippen LogP contribution in [-0.2, 0) is 16.6 Å².